The largest absolute Gasteiger partial charge is 0.493 e. The van der Waals surface area contributed by atoms with Crippen LogP contribution < -0.4 is 10.1 Å². The van der Waals surface area contributed by atoms with E-state index >= 15 is 0 Å². The summed E-state index contributed by atoms with van der Waals surface area (Å²) in [6, 6.07) is 14.5. The van der Waals surface area contributed by atoms with E-state index in [0.717, 1.165) is 42.0 Å². The maximum Gasteiger partial charge on any atom is 0.220 e. The predicted molar refractivity (Wildman–Crippen MR) is 122 cm³/mol. The van der Waals surface area contributed by atoms with Gasteiger partial charge in [-0.05, 0) is 55.0 Å². The topological polar surface area (TPSA) is 56.2 Å². The Morgan fingerprint density at radius 2 is 2.00 bits per heavy atom. The Hall–Kier alpha value is -2.82. The van der Waals surface area contributed by atoms with Gasteiger partial charge in [0.05, 0.1) is 24.2 Å². The summed E-state index contributed by atoms with van der Waals surface area (Å²) in [5, 5.41) is 2.99. The Labute approximate surface area is 179 Å². The molecule has 3 aromatic rings. The van der Waals surface area contributed by atoms with Crippen LogP contribution in [-0.2, 0) is 17.9 Å². The van der Waals surface area contributed by atoms with Crippen LogP contribution in [0.1, 0.15) is 62.9 Å². The quantitative estimate of drug-likeness (QED) is 0.461. The van der Waals surface area contributed by atoms with Crippen molar-refractivity contribution in [3.8, 4) is 5.75 Å². The number of para-hydroxylation sites is 2. The van der Waals surface area contributed by atoms with E-state index in [9.17, 15) is 4.79 Å². The van der Waals surface area contributed by atoms with Crippen LogP contribution in [0.15, 0.2) is 42.5 Å². The highest BCUT2D eigenvalue weighted by Gasteiger charge is 2.12. The van der Waals surface area contributed by atoms with E-state index in [1.807, 2.05) is 25.1 Å². The Kier molecular flexibility index (Phi) is 7.50. The zero-order chi connectivity index (χ0) is 21.5. The number of carbonyl (C=O) groups excluding carboxylic acids is 1. The molecule has 0 bridgehead atoms. The second-order valence-electron chi connectivity index (χ2n) is 8.09. The first-order valence-corrected chi connectivity index (χ1v) is 10.9. The Balaban J connectivity index is 1.67. The van der Waals surface area contributed by atoms with Crippen molar-refractivity contribution in [2.24, 2.45) is 0 Å². The summed E-state index contributed by atoms with van der Waals surface area (Å²) in [6.07, 6.45) is 2.25. The summed E-state index contributed by atoms with van der Waals surface area (Å²) in [5.41, 5.74) is 4.50. The van der Waals surface area contributed by atoms with Crippen LogP contribution in [-0.4, -0.2) is 22.1 Å². The zero-order valence-electron chi connectivity index (χ0n) is 18.6. The van der Waals surface area contributed by atoms with Gasteiger partial charge in [-0.1, -0.05) is 45.0 Å². The number of amides is 1. The van der Waals surface area contributed by atoms with E-state index < -0.39 is 0 Å². The number of aromatic nitrogens is 2. The number of benzene rings is 2. The van der Waals surface area contributed by atoms with Crippen LogP contribution in [0.3, 0.4) is 0 Å². The van der Waals surface area contributed by atoms with Crippen molar-refractivity contribution in [2.75, 3.05) is 6.61 Å². The molecule has 0 fully saturated rings. The molecule has 0 saturated carbocycles. The highest BCUT2D eigenvalue weighted by Crippen LogP contribution is 2.27. The molecule has 5 nitrogen and oxygen atoms in total. The van der Waals surface area contributed by atoms with E-state index in [2.05, 4.69) is 54.9 Å². The third-order valence-electron chi connectivity index (χ3n) is 5.23. The molecule has 0 atom stereocenters. The van der Waals surface area contributed by atoms with Crippen molar-refractivity contribution in [3.63, 3.8) is 0 Å². The first-order chi connectivity index (χ1) is 14.5. The second-order valence-corrected chi connectivity index (χ2v) is 8.09. The Morgan fingerprint density at radius 1 is 1.20 bits per heavy atom. The van der Waals surface area contributed by atoms with Crippen molar-refractivity contribution >= 4 is 16.9 Å². The third kappa shape index (κ3) is 5.41. The standard InChI is InChI=1S/C25H33N3O2/c1-5-9-25(29)26-17-24-27-21-10-6-7-11-22(21)28(24)14-8-15-30-23-16-19(4)12-13-20(23)18(2)3/h6-7,10-13,16,18H,5,8-9,14-15,17H2,1-4H3,(H,26,29). The number of imidazole rings is 1. The molecule has 1 amide bonds. The van der Waals surface area contributed by atoms with Crippen molar-refractivity contribution < 1.29 is 9.53 Å². The van der Waals surface area contributed by atoms with E-state index in [4.69, 9.17) is 9.72 Å². The molecule has 0 spiro atoms. The zero-order valence-corrected chi connectivity index (χ0v) is 18.6. The Bertz CT molecular complexity index is 991. The second kappa shape index (κ2) is 10.3. The molecule has 0 aliphatic heterocycles. The molecule has 30 heavy (non-hydrogen) atoms. The van der Waals surface area contributed by atoms with Gasteiger partial charge in [0, 0.05) is 13.0 Å². The summed E-state index contributed by atoms with van der Waals surface area (Å²) in [7, 11) is 0. The van der Waals surface area contributed by atoms with Gasteiger partial charge in [0.2, 0.25) is 5.91 Å². The lowest BCUT2D eigenvalue weighted by Crippen LogP contribution is -2.24. The van der Waals surface area contributed by atoms with Gasteiger partial charge < -0.3 is 14.6 Å². The van der Waals surface area contributed by atoms with Crippen LogP contribution in [0.5, 0.6) is 5.75 Å². The van der Waals surface area contributed by atoms with E-state index in [0.29, 0.717) is 25.5 Å². The predicted octanol–water partition coefficient (Wildman–Crippen LogP) is 5.35. The van der Waals surface area contributed by atoms with Gasteiger partial charge in [0.1, 0.15) is 11.6 Å². The lowest BCUT2D eigenvalue weighted by Gasteiger charge is -2.15. The average Bonchev–Trinajstić information content (AvgIpc) is 3.07. The number of fused-ring (bicyclic) bond motifs is 1. The number of aryl methyl sites for hydroxylation is 2. The summed E-state index contributed by atoms with van der Waals surface area (Å²) in [4.78, 5) is 16.6. The maximum absolute atomic E-state index is 11.9. The average molecular weight is 408 g/mol. The molecule has 5 heteroatoms. The van der Waals surface area contributed by atoms with Crippen molar-refractivity contribution in [2.45, 2.75) is 66.0 Å². The monoisotopic (exact) mass is 407 g/mol. The Morgan fingerprint density at radius 3 is 2.77 bits per heavy atom. The smallest absolute Gasteiger partial charge is 0.220 e. The minimum Gasteiger partial charge on any atom is -0.493 e. The number of carbonyl (C=O) groups is 1. The van der Waals surface area contributed by atoms with Crippen LogP contribution in [0.4, 0.5) is 0 Å². The summed E-state index contributed by atoms with van der Waals surface area (Å²) < 4.78 is 8.36. The molecule has 1 heterocycles. The lowest BCUT2D eigenvalue weighted by molar-refractivity contribution is -0.121. The fraction of sp³-hybridized carbons (Fsp3) is 0.440. The maximum atomic E-state index is 11.9. The number of hydrogen-bond acceptors (Lipinski definition) is 3. The van der Waals surface area contributed by atoms with Crippen molar-refractivity contribution in [1.29, 1.82) is 0 Å². The van der Waals surface area contributed by atoms with E-state index in [-0.39, 0.29) is 5.91 Å². The van der Waals surface area contributed by atoms with Crippen LogP contribution in [0, 0.1) is 6.92 Å². The molecule has 0 aliphatic rings. The minimum absolute atomic E-state index is 0.0695. The van der Waals surface area contributed by atoms with E-state index in [1.165, 1.54) is 11.1 Å². The van der Waals surface area contributed by atoms with Crippen LogP contribution >= 0.6 is 0 Å². The van der Waals surface area contributed by atoms with Gasteiger partial charge in [0.15, 0.2) is 0 Å². The highest BCUT2D eigenvalue weighted by atomic mass is 16.5. The van der Waals surface area contributed by atoms with E-state index in [1.54, 1.807) is 0 Å². The molecule has 2 aromatic carbocycles. The lowest BCUT2D eigenvalue weighted by atomic mass is 10.0. The molecule has 1 aromatic heterocycles. The molecule has 0 saturated heterocycles. The van der Waals surface area contributed by atoms with Gasteiger partial charge in [0.25, 0.3) is 0 Å². The molecule has 0 unspecified atom stereocenters. The summed E-state index contributed by atoms with van der Waals surface area (Å²) in [6.45, 7) is 10.4. The minimum atomic E-state index is 0.0695. The number of rotatable bonds is 10. The summed E-state index contributed by atoms with van der Waals surface area (Å²) in [5.74, 6) is 2.36. The first-order valence-electron chi connectivity index (χ1n) is 10.9. The SMILES string of the molecule is CCCC(=O)NCc1nc2ccccc2n1CCCOc1cc(C)ccc1C(C)C. The number of nitrogens with zero attached hydrogens (tertiary/aromatic N) is 2. The van der Waals surface area contributed by atoms with Gasteiger partial charge in [-0.15, -0.1) is 0 Å². The molecular weight excluding hydrogens is 374 g/mol. The van der Waals surface area contributed by atoms with Crippen LogP contribution in [0.2, 0.25) is 0 Å². The number of ether oxygens (including phenoxy) is 1. The summed E-state index contributed by atoms with van der Waals surface area (Å²) >= 11 is 0. The normalized spacial score (nSPS) is 11.2. The van der Waals surface area contributed by atoms with Crippen molar-refractivity contribution in [1.82, 2.24) is 14.9 Å². The fourth-order valence-electron chi connectivity index (χ4n) is 3.65. The first kappa shape index (κ1) is 21.9. The molecule has 0 aliphatic carbocycles. The number of hydrogen-bond donors (Lipinski definition) is 1. The van der Waals surface area contributed by atoms with Gasteiger partial charge in [-0.25, -0.2) is 4.98 Å². The third-order valence-corrected chi connectivity index (χ3v) is 5.23. The van der Waals surface area contributed by atoms with Crippen molar-refractivity contribution in [3.05, 3.63) is 59.4 Å². The van der Waals surface area contributed by atoms with Gasteiger partial charge in [-0.3, -0.25) is 4.79 Å². The number of nitrogens with one attached hydrogen (secondary N) is 1. The molecular formula is C25H33N3O2. The molecule has 160 valence electrons. The molecule has 1 N–H and O–H groups in total. The van der Waals surface area contributed by atoms with Gasteiger partial charge >= 0.3 is 0 Å². The van der Waals surface area contributed by atoms with Crippen LogP contribution in [0.25, 0.3) is 11.0 Å². The van der Waals surface area contributed by atoms with Gasteiger partial charge in [-0.2, -0.15) is 0 Å². The fourth-order valence-corrected chi connectivity index (χ4v) is 3.65. The molecule has 0 radical (unpaired) electrons. The molecule has 3 rings (SSSR count). The highest BCUT2D eigenvalue weighted by molar-refractivity contribution is 5.77.